The minimum atomic E-state index is -0.0238. The van der Waals surface area contributed by atoms with Crippen LogP contribution in [0.1, 0.15) is 42.4 Å². The molecular weight excluding hydrogens is 180 g/mol. The average Bonchev–Trinajstić information content (AvgIpc) is 2.47. The van der Waals surface area contributed by atoms with Crippen molar-refractivity contribution in [1.82, 2.24) is 15.0 Å². The van der Waals surface area contributed by atoms with Gasteiger partial charge in [-0.15, -0.1) is 5.10 Å². The standard InChI is InChI=1S/C9H16N4O/c1-6(2)9-8(7(14)4-5-10)11-12-13(9)3/h6H,4-5,10H2,1-3H3. The van der Waals surface area contributed by atoms with E-state index in [-0.39, 0.29) is 11.7 Å². The van der Waals surface area contributed by atoms with Crippen LogP contribution in [-0.4, -0.2) is 27.3 Å². The van der Waals surface area contributed by atoms with E-state index >= 15 is 0 Å². The summed E-state index contributed by atoms with van der Waals surface area (Å²) in [6, 6.07) is 0. The molecule has 5 nitrogen and oxygen atoms in total. The van der Waals surface area contributed by atoms with Gasteiger partial charge in [-0.3, -0.25) is 9.48 Å². The van der Waals surface area contributed by atoms with Crippen LogP contribution in [0.5, 0.6) is 0 Å². The molecule has 0 bridgehead atoms. The molecule has 14 heavy (non-hydrogen) atoms. The van der Waals surface area contributed by atoms with Crippen LogP contribution in [0.3, 0.4) is 0 Å². The molecule has 0 aliphatic carbocycles. The van der Waals surface area contributed by atoms with Crippen molar-refractivity contribution in [1.29, 1.82) is 0 Å². The molecule has 0 aliphatic rings. The van der Waals surface area contributed by atoms with E-state index in [1.165, 1.54) is 0 Å². The summed E-state index contributed by atoms with van der Waals surface area (Å²) >= 11 is 0. The highest BCUT2D eigenvalue weighted by Crippen LogP contribution is 2.17. The molecule has 0 radical (unpaired) electrons. The van der Waals surface area contributed by atoms with E-state index in [0.717, 1.165) is 5.69 Å². The Hall–Kier alpha value is -1.23. The Labute approximate surface area is 83.3 Å². The molecule has 0 spiro atoms. The molecule has 1 rings (SSSR count). The fourth-order valence-corrected chi connectivity index (χ4v) is 1.46. The fourth-order valence-electron chi connectivity index (χ4n) is 1.46. The summed E-state index contributed by atoms with van der Waals surface area (Å²) in [5.41, 5.74) is 6.67. The normalized spacial score (nSPS) is 10.9. The summed E-state index contributed by atoms with van der Waals surface area (Å²) in [4.78, 5) is 11.6. The molecule has 0 fully saturated rings. The van der Waals surface area contributed by atoms with E-state index in [1.54, 1.807) is 11.7 Å². The van der Waals surface area contributed by atoms with Gasteiger partial charge in [-0.2, -0.15) is 0 Å². The molecule has 0 unspecified atom stereocenters. The third kappa shape index (κ3) is 1.98. The zero-order valence-corrected chi connectivity index (χ0v) is 8.82. The highest BCUT2D eigenvalue weighted by atomic mass is 16.1. The summed E-state index contributed by atoms with van der Waals surface area (Å²) in [6.07, 6.45) is 0.332. The van der Waals surface area contributed by atoms with Crippen LogP contribution in [0.25, 0.3) is 0 Å². The van der Waals surface area contributed by atoms with Gasteiger partial charge >= 0.3 is 0 Å². The molecule has 1 aromatic rings. The predicted molar refractivity (Wildman–Crippen MR) is 53.1 cm³/mol. The monoisotopic (exact) mass is 196 g/mol. The van der Waals surface area contributed by atoms with E-state index in [4.69, 9.17) is 5.73 Å². The Kier molecular flexibility index (Phi) is 3.35. The van der Waals surface area contributed by atoms with Gasteiger partial charge in [0.2, 0.25) is 0 Å². The Balaban J connectivity index is 3.02. The Morgan fingerprint density at radius 2 is 2.21 bits per heavy atom. The lowest BCUT2D eigenvalue weighted by Crippen LogP contribution is -2.12. The molecule has 0 atom stereocenters. The summed E-state index contributed by atoms with van der Waals surface area (Å²) in [5, 5.41) is 7.71. The van der Waals surface area contributed by atoms with Crippen molar-refractivity contribution >= 4 is 5.78 Å². The maximum atomic E-state index is 11.6. The zero-order valence-electron chi connectivity index (χ0n) is 8.82. The molecule has 1 aromatic heterocycles. The van der Waals surface area contributed by atoms with Gasteiger partial charge in [-0.1, -0.05) is 19.1 Å². The molecule has 78 valence electrons. The highest BCUT2D eigenvalue weighted by Gasteiger charge is 2.19. The maximum Gasteiger partial charge on any atom is 0.186 e. The van der Waals surface area contributed by atoms with Gasteiger partial charge in [-0.25, -0.2) is 0 Å². The van der Waals surface area contributed by atoms with E-state index in [1.807, 2.05) is 13.8 Å². The molecule has 0 amide bonds. The van der Waals surface area contributed by atoms with Crippen LogP contribution in [0, 0.1) is 0 Å². The van der Waals surface area contributed by atoms with Crippen molar-refractivity contribution < 1.29 is 4.79 Å². The summed E-state index contributed by atoms with van der Waals surface area (Å²) in [5.74, 6) is 0.219. The first-order valence-electron chi connectivity index (χ1n) is 4.70. The number of carbonyl (C=O) groups excluding carboxylic acids is 1. The lowest BCUT2D eigenvalue weighted by Gasteiger charge is -2.06. The van der Waals surface area contributed by atoms with Crippen molar-refractivity contribution in [3.8, 4) is 0 Å². The molecule has 5 heteroatoms. The molecule has 0 saturated carbocycles. The minimum Gasteiger partial charge on any atom is -0.330 e. The number of aryl methyl sites for hydroxylation is 1. The van der Waals surface area contributed by atoms with Crippen molar-refractivity contribution in [2.24, 2.45) is 12.8 Å². The highest BCUT2D eigenvalue weighted by molar-refractivity contribution is 5.95. The molecular formula is C9H16N4O. The first-order chi connectivity index (χ1) is 6.57. The Bertz CT molecular complexity index is 330. The number of nitrogens with two attached hydrogens (primary N) is 1. The number of ketones is 1. The number of Topliss-reactive ketones (excluding diaryl/α,β-unsaturated/α-hetero) is 1. The number of nitrogens with zero attached hydrogens (tertiary/aromatic N) is 3. The van der Waals surface area contributed by atoms with E-state index in [2.05, 4.69) is 10.3 Å². The maximum absolute atomic E-state index is 11.6. The third-order valence-corrected chi connectivity index (χ3v) is 2.05. The van der Waals surface area contributed by atoms with Crippen molar-refractivity contribution in [2.75, 3.05) is 6.54 Å². The molecule has 0 saturated heterocycles. The minimum absolute atomic E-state index is 0.0238. The quantitative estimate of drug-likeness (QED) is 0.710. The van der Waals surface area contributed by atoms with Gasteiger partial charge in [-0.05, 0) is 12.5 Å². The van der Waals surface area contributed by atoms with Crippen LogP contribution < -0.4 is 5.73 Å². The molecule has 2 N–H and O–H groups in total. The largest absolute Gasteiger partial charge is 0.330 e. The van der Waals surface area contributed by atoms with Crippen LogP contribution in [-0.2, 0) is 7.05 Å². The molecule has 0 aromatic carbocycles. The summed E-state index contributed by atoms with van der Waals surface area (Å²) < 4.78 is 1.65. The van der Waals surface area contributed by atoms with Crippen LogP contribution >= 0.6 is 0 Å². The van der Waals surface area contributed by atoms with Gasteiger partial charge in [0, 0.05) is 13.5 Å². The number of aromatic nitrogens is 3. The lowest BCUT2D eigenvalue weighted by atomic mass is 10.0. The number of hydrogen-bond acceptors (Lipinski definition) is 4. The van der Waals surface area contributed by atoms with Gasteiger partial charge < -0.3 is 5.73 Å². The fraction of sp³-hybridized carbons (Fsp3) is 0.667. The number of carbonyl (C=O) groups is 1. The van der Waals surface area contributed by atoms with E-state index < -0.39 is 0 Å². The first kappa shape index (κ1) is 10.8. The topological polar surface area (TPSA) is 73.8 Å². The van der Waals surface area contributed by atoms with Crippen LogP contribution in [0.2, 0.25) is 0 Å². The van der Waals surface area contributed by atoms with E-state index in [9.17, 15) is 4.79 Å². The van der Waals surface area contributed by atoms with Gasteiger partial charge in [0.15, 0.2) is 11.5 Å². The average molecular weight is 196 g/mol. The van der Waals surface area contributed by atoms with Gasteiger partial charge in [0.1, 0.15) is 0 Å². The third-order valence-electron chi connectivity index (χ3n) is 2.05. The SMILES string of the molecule is CC(C)c1c(C(=O)CCN)nnn1C. The zero-order chi connectivity index (χ0) is 10.7. The second kappa shape index (κ2) is 4.32. The van der Waals surface area contributed by atoms with Crippen molar-refractivity contribution in [3.05, 3.63) is 11.4 Å². The second-order valence-electron chi connectivity index (χ2n) is 3.56. The Morgan fingerprint density at radius 3 is 2.71 bits per heavy atom. The van der Waals surface area contributed by atoms with Gasteiger partial charge in [0.25, 0.3) is 0 Å². The van der Waals surface area contributed by atoms with E-state index in [0.29, 0.717) is 18.7 Å². The van der Waals surface area contributed by atoms with Gasteiger partial charge in [0.05, 0.1) is 5.69 Å². The Morgan fingerprint density at radius 1 is 1.57 bits per heavy atom. The molecule has 0 aliphatic heterocycles. The summed E-state index contributed by atoms with van der Waals surface area (Å²) in [7, 11) is 1.79. The number of rotatable bonds is 4. The first-order valence-corrected chi connectivity index (χ1v) is 4.70. The summed E-state index contributed by atoms with van der Waals surface area (Å²) in [6.45, 7) is 4.38. The lowest BCUT2D eigenvalue weighted by molar-refractivity contribution is 0.0979. The van der Waals surface area contributed by atoms with Crippen molar-refractivity contribution in [2.45, 2.75) is 26.2 Å². The molecule has 1 heterocycles. The van der Waals surface area contributed by atoms with Crippen molar-refractivity contribution in [3.63, 3.8) is 0 Å². The van der Waals surface area contributed by atoms with Crippen LogP contribution in [0.4, 0.5) is 0 Å². The predicted octanol–water partition coefficient (Wildman–Crippen LogP) is 0.470. The smallest absolute Gasteiger partial charge is 0.186 e. The number of hydrogen-bond donors (Lipinski definition) is 1. The van der Waals surface area contributed by atoms with Crippen LogP contribution in [0.15, 0.2) is 0 Å². The second-order valence-corrected chi connectivity index (χ2v) is 3.56.